The van der Waals surface area contributed by atoms with E-state index >= 15 is 0 Å². The van der Waals surface area contributed by atoms with E-state index in [0.29, 0.717) is 16.9 Å². The van der Waals surface area contributed by atoms with E-state index in [2.05, 4.69) is 48.3 Å². The molecule has 2 saturated carbocycles. The van der Waals surface area contributed by atoms with Crippen LogP contribution in [0.3, 0.4) is 0 Å². The van der Waals surface area contributed by atoms with Crippen LogP contribution in [0.5, 0.6) is 0 Å². The molecular formula is C23H37BrO2. The van der Waals surface area contributed by atoms with Crippen molar-refractivity contribution in [2.45, 2.75) is 85.0 Å². The van der Waals surface area contributed by atoms with Crippen molar-refractivity contribution >= 4 is 21.9 Å². The molecule has 5 atom stereocenters. The summed E-state index contributed by atoms with van der Waals surface area (Å²) in [6, 6.07) is 0. The normalized spacial score (nSPS) is 32.2. The van der Waals surface area contributed by atoms with Gasteiger partial charge in [0.15, 0.2) is 0 Å². The summed E-state index contributed by atoms with van der Waals surface area (Å²) in [5.74, 6) is 1.49. The highest BCUT2D eigenvalue weighted by Crippen LogP contribution is 2.60. The van der Waals surface area contributed by atoms with Gasteiger partial charge in [0.25, 0.3) is 0 Å². The lowest BCUT2D eigenvalue weighted by molar-refractivity contribution is -0.133. The molecule has 2 rings (SSSR count). The zero-order valence-corrected chi connectivity index (χ0v) is 18.5. The highest BCUT2D eigenvalue weighted by molar-refractivity contribution is 9.11. The summed E-state index contributed by atoms with van der Waals surface area (Å²) >= 11 is 3.60. The smallest absolute Gasteiger partial charge is 0.331 e. The van der Waals surface area contributed by atoms with Crippen LogP contribution >= 0.6 is 15.9 Å². The van der Waals surface area contributed by atoms with E-state index in [9.17, 15) is 9.90 Å². The third-order valence-corrected chi connectivity index (χ3v) is 8.10. The fraction of sp³-hybridized carbons (Fsp3) is 0.783. The van der Waals surface area contributed by atoms with Gasteiger partial charge in [0.1, 0.15) is 0 Å². The van der Waals surface area contributed by atoms with E-state index in [-0.39, 0.29) is 5.92 Å². The summed E-state index contributed by atoms with van der Waals surface area (Å²) in [6.45, 7) is 11.0. The van der Waals surface area contributed by atoms with Gasteiger partial charge in [-0.1, -0.05) is 61.7 Å². The van der Waals surface area contributed by atoms with Crippen molar-refractivity contribution in [2.75, 3.05) is 0 Å². The van der Waals surface area contributed by atoms with Gasteiger partial charge in [-0.05, 0) is 85.4 Å². The second kappa shape index (κ2) is 9.57. The van der Waals surface area contributed by atoms with Gasteiger partial charge in [0.2, 0.25) is 0 Å². The molecule has 0 aromatic heterocycles. The van der Waals surface area contributed by atoms with Crippen molar-refractivity contribution in [3.63, 3.8) is 0 Å². The molecule has 2 nitrogen and oxygen atoms in total. The number of hydrogen-bond donors (Lipinski definition) is 1. The van der Waals surface area contributed by atoms with Crippen molar-refractivity contribution in [3.05, 3.63) is 22.7 Å². The number of allylic oxidation sites excluding steroid dienone is 1. The molecule has 2 fully saturated rings. The summed E-state index contributed by atoms with van der Waals surface area (Å²) < 4.78 is 0. The number of fused-ring (bicyclic) bond motifs is 1. The number of halogens is 1. The minimum Gasteiger partial charge on any atom is -0.478 e. The topological polar surface area (TPSA) is 37.3 Å². The van der Waals surface area contributed by atoms with Gasteiger partial charge in [0, 0.05) is 5.57 Å². The summed E-state index contributed by atoms with van der Waals surface area (Å²) in [6.07, 6.45) is 11.8. The summed E-state index contributed by atoms with van der Waals surface area (Å²) in [7, 11) is 0. The van der Waals surface area contributed by atoms with Crippen molar-refractivity contribution in [3.8, 4) is 0 Å². The van der Waals surface area contributed by atoms with E-state index in [4.69, 9.17) is 0 Å². The minimum absolute atomic E-state index is 0.143. The summed E-state index contributed by atoms with van der Waals surface area (Å²) in [5.41, 5.74) is 2.47. The molecule has 3 heteroatoms. The second-order valence-electron chi connectivity index (χ2n) is 9.00. The van der Waals surface area contributed by atoms with Crippen LogP contribution in [-0.2, 0) is 4.79 Å². The number of hydrogen-bond acceptors (Lipinski definition) is 1. The molecule has 0 bridgehead atoms. The Balaban J connectivity index is 2.01. The number of carboxylic acids is 1. The number of unbranched alkanes of at least 4 members (excludes halogenated alkanes) is 1. The lowest BCUT2D eigenvalue weighted by Gasteiger charge is -2.44. The fourth-order valence-electron chi connectivity index (χ4n) is 5.93. The number of rotatable bonds is 9. The Morgan fingerprint density at radius 3 is 2.73 bits per heavy atom. The average molecular weight is 425 g/mol. The van der Waals surface area contributed by atoms with Crippen LogP contribution in [0.15, 0.2) is 22.7 Å². The third kappa shape index (κ3) is 4.64. The lowest BCUT2D eigenvalue weighted by atomic mass is 9.61. The van der Waals surface area contributed by atoms with Crippen LogP contribution < -0.4 is 0 Å². The first-order valence-electron chi connectivity index (χ1n) is 10.6. The van der Waals surface area contributed by atoms with E-state index in [0.717, 1.165) is 43.9 Å². The van der Waals surface area contributed by atoms with Crippen LogP contribution in [-0.4, -0.2) is 11.1 Å². The van der Waals surface area contributed by atoms with E-state index in [1.807, 2.05) is 0 Å². The molecule has 0 aromatic rings. The standard InChI is InChI=1S/C23H37BrO2/c1-5-6-8-18(17(3)22(25)26)11-10-16(2)20-12-13-21-19(15-24)9-7-14-23(20,21)4/h15-16,18,20-21H,3,5-14H2,1-2,4H3,(H,25,26)/b19-15+/t16-,18+,20-,21?,23-/m1/s1. The van der Waals surface area contributed by atoms with Gasteiger partial charge in [-0.2, -0.15) is 0 Å². The minimum atomic E-state index is -0.814. The molecule has 0 aromatic carbocycles. The molecule has 2 aliphatic rings. The monoisotopic (exact) mass is 424 g/mol. The Bertz CT molecular complexity index is 538. The predicted molar refractivity (Wildman–Crippen MR) is 113 cm³/mol. The molecule has 148 valence electrons. The Kier molecular flexibility index (Phi) is 8.00. The van der Waals surface area contributed by atoms with Gasteiger partial charge in [-0.3, -0.25) is 0 Å². The molecule has 1 N–H and O–H groups in total. The van der Waals surface area contributed by atoms with Crippen LogP contribution in [0.4, 0.5) is 0 Å². The van der Waals surface area contributed by atoms with E-state index in [1.165, 1.54) is 32.1 Å². The van der Waals surface area contributed by atoms with Crippen molar-refractivity contribution in [2.24, 2.45) is 29.1 Å². The third-order valence-electron chi connectivity index (χ3n) is 7.51. The number of carbonyl (C=O) groups is 1. The van der Waals surface area contributed by atoms with Crippen molar-refractivity contribution < 1.29 is 9.90 Å². The zero-order valence-electron chi connectivity index (χ0n) is 16.9. The summed E-state index contributed by atoms with van der Waals surface area (Å²) in [5, 5.41) is 9.37. The van der Waals surface area contributed by atoms with Crippen molar-refractivity contribution in [1.29, 1.82) is 0 Å². The molecule has 1 unspecified atom stereocenters. The quantitative estimate of drug-likeness (QED) is 0.392. The molecule has 0 radical (unpaired) electrons. The molecule has 26 heavy (non-hydrogen) atoms. The van der Waals surface area contributed by atoms with E-state index in [1.54, 1.807) is 5.57 Å². The van der Waals surface area contributed by atoms with Gasteiger partial charge < -0.3 is 5.11 Å². The predicted octanol–water partition coefficient (Wildman–Crippen LogP) is 7.35. The maximum atomic E-state index is 11.4. The Morgan fingerprint density at radius 1 is 1.38 bits per heavy atom. The molecular weight excluding hydrogens is 388 g/mol. The van der Waals surface area contributed by atoms with Crippen LogP contribution in [0.25, 0.3) is 0 Å². The number of aliphatic carboxylic acids is 1. The zero-order chi connectivity index (χ0) is 19.3. The maximum Gasteiger partial charge on any atom is 0.331 e. The SMILES string of the molecule is C=C(C(=O)O)[C@@H](CCCC)CC[C@@H](C)[C@H]1CCC2/C(=C/Br)CCC[C@@]21C. The Morgan fingerprint density at radius 2 is 2.12 bits per heavy atom. The molecule has 0 heterocycles. The molecule has 0 aliphatic heterocycles. The molecule has 2 aliphatic carbocycles. The second-order valence-corrected chi connectivity index (χ2v) is 9.46. The lowest BCUT2D eigenvalue weighted by Crippen LogP contribution is -2.36. The first-order valence-corrected chi connectivity index (χ1v) is 11.5. The van der Waals surface area contributed by atoms with Crippen LogP contribution in [0.1, 0.15) is 85.0 Å². The average Bonchev–Trinajstić information content (AvgIpc) is 2.97. The largest absolute Gasteiger partial charge is 0.478 e. The van der Waals surface area contributed by atoms with Crippen LogP contribution in [0.2, 0.25) is 0 Å². The first kappa shape index (κ1) is 21.7. The van der Waals surface area contributed by atoms with Gasteiger partial charge in [-0.15, -0.1) is 0 Å². The Labute approximate surface area is 168 Å². The van der Waals surface area contributed by atoms with Gasteiger partial charge in [0.05, 0.1) is 0 Å². The highest BCUT2D eigenvalue weighted by atomic mass is 79.9. The van der Waals surface area contributed by atoms with Gasteiger partial charge in [-0.25, -0.2) is 4.79 Å². The highest BCUT2D eigenvalue weighted by Gasteiger charge is 2.50. The first-order chi connectivity index (χ1) is 12.3. The molecule has 0 saturated heterocycles. The Hall–Kier alpha value is -0.570. The van der Waals surface area contributed by atoms with Crippen molar-refractivity contribution in [1.82, 2.24) is 0 Å². The maximum absolute atomic E-state index is 11.4. The van der Waals surface area contributed by atoms with Gasteiger partial charge >= 0.3 is 5.97 Å². The number of carboxylic acid groups (broad SMARTS) is 1. The molecule has 0 spiro atoms. The fourth-order valence-corrected chi connectivity index (χ4v) is 6.48. The molecule has 0 amide bonds. The summed E-state index contributed by atoms with van der Waals surface area (Å²) in [4.78, 5) is 13.6. The van der Waals surface area contributed by atoms with E-state index < -0.39 is 5.97 Å². The van der Waals surface area contributed by atoms with Crippen LogP contribution in [0, 0.1) is 29.1 Å².